The van der Waals surface area contributed by atoms with Gasteiger partial charge in [0.2, 0.25) is 0 Å². The second-order valence-electron chi connectivity index (χ2n) is 1.08. The van der Waals surface area contributed by atoms with Gasteiger partial charge in [-0.3, -0.25) is 0 Å². The first-order chi connectivity index (χ1) is 4.13. The molecule has 0 N–H and O–H groups in total. The maximum Gasteiger partial charge on any atom is 0.151 e. The van der Waals surface area contributed by atoms with E-state index in [1.54, 1.807) is 18.1 Å². The molecular formula is C5H7B. The Labute approximate surface area is 43.0 Å². The maximum absolute atomic E-state index is 7.17. The number of hydrogen-bond donors (Lipinski definition) is 0. The molecular weight excluding hydrogens is 70.9 g/mol. The van der Waals surface area contributed by atoms with E-state index in [0.29, 0.717) is 0 Å². The molecule has 0 aliphatic carbocycles. The Kier molecular flexibility index (Phi) is 0.486. The van der Waals surface area contributed by atoms with Crippen molar-refractivity contribution < 1.29 is 2.74 Å². The standard InChI is InChI=1S/C5H7B/c1-2-4-6-5-3-1/h1-4,6H,5H2/i5D2,6D. The molecule has 1 aliphatic rings. The molecule has 0 aromatic heterocycles. The van der Waals surface area contributed by atoms with Crippen molar-refractivity contribution in [1.29, 1.82) is 1.34 Å². The minimum Gasteiger partial charge on any atom is -0.119 e. The van der Waals surface area contributed by atoms with Gasteiger partial charge in [0, 0.05) is 2.74 Å². The molecule has 0 aromatic rings. The molecule has 0 saturated heterocycles. The van der Waals surface area contributed by atoms with Gasteiger partial charge in [0.15, 0.2) is 7.24 Å². The minimum absolute atomic E-state index is 0.734. The van der Waals surface area contributed by atoms with Gasteiger partial charge in [-0.2, -0.15) is 0 Å². The molecule has 0 radical (unpaired) electrons. The number of rotatable bonds is 0. The van der Waals surface area contributed by atoms with E-state index < -0.39 is 13.5 Å². The summed E-state index contributed by atoms with van der Waals surface area (Å²) in [7, 11) is -0.734. The lowest BCUT2D eigenvalue weighted by Gasteiger charge is -1.85. The molecule has 0 aromatic carbocycles. The quantitative estimate of drug-likeness (QED) is 0.380. The predicted octanol–water partition coefficient (Wildman–Crippen LogP) is 0.925. The summed E-state index contributed by atoms with van der Waals surface area (Å²) >= 11 is 0. The van der Waals surface area contributed by atoms with Gasteiger partial charge >= 0.3 is 0 Å². The number of hydrogen-bond acceptors (Lipinski definition) is 0. The summed E-state index contributed by atoms with van der Waals surface area (Å²) in [6.07, 6.45) is 3.27. The zero-order valence-corrected chi connectivity index (χ0v) is 3.39. The van der Waals surface area contributed by atoms with Gasteiger partial charge in [-0.15, -0.1) is 5.98 Å². The molecule has 0 nitrogen and oxygen atoms in total. The van der Waals surface area contributed by atoms with Gasteiger partial charge in [0.1, 0.15) is 0 Å². The highest BCUT2D eigenvalue weighted by Gasteiger charge is 1.80. The van der Waals surface area contributed by atoms with E-state index in [4.69, 9.17) is 4.08 Å². The topological polar surface area (TPSA) is 0 Å². The van der Waals surface area contributed by atoms with Crippen LogP contribution in [0.1, 0.15) is 2.74 Å². The Morgan fingerprint density at radius 3 is 3.33 bits per heavy atom. The zero-order chi connectivity index (χ0) is 6.91. The van der Waals surface area contributed by atoms with Gasteiger partial charge in [-0.25, -0.2) is 0 Å². The van der Waals surface area contributed by atoms with E-state index in [2.05, 4.69) is 0 Å². The highest BCUT2D eigenvalue weighted by molar-refractivity contribution is 6.43. The summed E-state index contributed by atoms with van der Waals surface area (Å²) in [5.41, 5.74) is 0. The van der Waals surface area contributed by atoms with Crippen LogP contribution in [-0.4, -0.2) is 8.58 Å². The Morgan fingerprint density at radius 2 is 2.83 bits per heavy atom. The van der Waals surface area contributed by atoms with Crippen LogP contribution in [0.4, 0.5) is 0 Å². The molecule has 0 fully saturated rings. The first kappa shape index (κ1) is 1.57. The van der Waals surface area contributed by atoms with E-state index in [-0.39, 0.29) is 0 Å². The summed E-state index contributed by atoms with van der Waals surface area (Å²) < 4.78 is 21.5. The Hall–Kier alpha value is -0.455. The molecule has 0 atom stereocenters. The number of allylic oxidation sites excluding steroid dienone is 3. The van der Waals surface area contributed by atoms with Crippen molar-refractivity contribution in [3.8, 4) is 0 Å². The molecule has 0 spiro atoms. The van der Waals surface area contributed by atoms with Crippen molar-refractivity contribution in [2.24, 2.45) is 0 Å². The fourth-order valence-corrected chi connectivity index (χ4v) is 0.342. The predicted molar refractivity (Wildman–Crippen MR) is 30.2 cm³/mol. The molecule has 30 valence electrons. The second kappa shape index (κ2) is 1.86. The molecule has 6 heavy (non-hydrogen) atoms. The van der Waals surface area contributed by atoms with Crippen molar-refractivity contribution in [3.63, 3.8) is 0 Å². The molecule has 0 amide bonds. The van der Waals surface area contributed by atoms with Crippen LogP contribution in [0, 0.1) is 0 Å². The largest absolute Gasteiger partial charge is 0.151 e. The smallest absolute Gasteiger partial charge is 0.119 e. The van der Waals surface area contributed by atoms with Crippen molar-refractivity contribution in [2.45, 2.75) is 6.27 Å². The van der Waals surface area contributed by atoms with E-state index in [9.17, 15) is 0 Å². The minimum atomic E-state index is -1.46. The molecule has 0 bridgehead atoms. The monoisotopic (exact) mass is 81.1 g/mol. The van der Waals surface area contributed by atoms with Crippen LogP contribution in [0.2, 0.25) is 6.27 Å². The Balaban J connectivity index is 2.78. The van der Waals surface area contributed by atoms with Crippen LogP contribution in [0.15, 0.2) is 24.2 Å². The summed E-state index contributed by atoms with van der Waals surface area (Å²) in [4.78, 5) is 0. The van der Waals surface area contributed by atoms with Crippen LogP contribution in [-0.2, 0) is 0 Å². The molecule has 1 rings (SSSR count). The lowest BCUT2D eigenvalue weighted by molar-refractivity contribution is 1.65. The fourth-order valence-electron chi connectivity index (χ4n) is 0.342. The van der Waals surface area contributed by atoms with Gasteiger partial charge in [-0.05, 0) is 1.34 Å². The van der Waals surface area contributed by atoms with Crippen molar-refractivity contribution in [1.82, 2.24) is 0 Å². The highest BCUT2D eigenvalue weighted by atomic mass is 13.7. The van der Waals surface area contributed by atoms with Gasteiger partial charge in [0.05, 0.1) is 0 Å². The highest BCUT2D eigenvalue weighted by Crippen LogP contribution is 1.90. The van der Waals surface area contributed by atoms with Crippen LogP contribution in [0.5, 0.6) is 0 Å². The van der Waals surface area contributed by atoms with Crippen molar-refractivity contribution in [2.75, 3.05) is 0 Å². The summed E-state index contributed by atoms with van der Waals surface area (Å²) in [6, 6.07) is 0. The molecule has 1 aliphatic heterocycles. The Bertz CT molecular complexity index is 162. The van der Waals surface area contributed by atoms with Crippen LogP contribution in [0.3, 0.4) is 0 Å². The lowest BCUT2D eigenvalue weighted by Crippen LogP contribution is -1.81. The molecule has 0 unspecified atom stereocenters. The average molecular weight is 80.9 g/mol. The van der Waals surface area contributed by atoms with Gasteiger partial charge in [0.25, 0.3) is 0 Å². The second-order valence-corrected chi connectivity index (χ2v) is 1.08. The van der Waals surface area contributed by atoms with Crippen LogP contribution >= 0.6 is 0 Å². The molecule has 0 saturated carbocycles. The maximum atomic E-state index is 7.17. The normalized spacial score (nSPS) is 34.7. The lowest BCUT2D eigenvalue weighted by atomic mass is 9.72. The Morgan fingerprint density at radius 1 is 1.83 bits per heavy atom. The van der Waals surface area contributed by atoms with E-state index in [1.807, 2.05) is 0 Å². The van der Waals surface area contributed by atoms with Crippen LogP contribution in [0.25, 0.3) is 0 Å². The third-order valence-corrected chi connectivity index (χ3v) is 0.607. The third kappa shape index (κ3) is 0.747. The summed E-state index contributed by atoms with van der Waals surface area (Å²) in [5.74, 6) is 1.54. The average Bonchev–Trinajstić information content (AvgIpc) is 1.77. The van der Waals surface area contributed by atoms with E-state index >= 15 is 0 Å². The SMILES string of the molecule is [2H]B1C=CC=CC1([2H])[2H]. The van der Waals surface area contributed by atoms with Gasteiger partial charge < -0.3 is 0 Å². The molecule has 1 heterocycles. The van der Waals surface area contributed by atoms with E-state index in [1.165, 1.54) is 6.08 Å². The van der Waals surface area contributed by atoms with E-state index in [0.717, 1.165) is 0 Å². The first-order valence-electron chi connectivity index (χ1n) is 3.49. The summed E-state index contributed by atoms with van der Waals surface area (Å²) in [6.45, 7) is 0. The zero-order valence-electron chi connectivity index (χ0n) is 6.39. The summed E-state index contributed by atoms with van der Waals surface area (Å²) in [5, 5.41) is 0. The molecule has 1 heteroatoms. The van der Waals surface area contributed by atoms with Gasteiger partial charge in [-0.1, -0.05) is 24.5 Å². The fraction of sp³-hybridized carbons (Fsp3) is 0.200. The van der Waals surface area contributed by atoms with Crippen molar-refractivity contribution in [3.05, 3.63) is 24.2 Å². The first-order valence-corrected chi connectivity index (χ1v) is 1.91. The third-order valence-electron chi connectivity index (χ3n) is 0.607. The van der Waals surface area contributed by atoms with Crippen LogP contribution < -0.4 is 0 Å². The van der Waals surface area contributed by atoms with Crippen molar-refractivity contribution >= 4 is 7.24 Å².